The van der Waals surface area contributed by atoms with Crippen LogP contribution in [-0.2, 0) is 4.74 Å². The van der Waals surface area contributed by atoms with Crippen molar-refractivity contribution in [3.8, 4) is 0 Å². The van der Waals surface area contributed by atoms with Gasteiger partial charge < -0.3 is 14.6 Å². The third-order valence-electron chi connectivity index (χ3n) is 3.70. The lowest BCUT2D eigenvalue weighted by Gasteiger charge is -2.16. The van der Waals surface area contributed by atoms with Crippen LogP contribution in [-0.4, -0.2) is 29.8 Å². The zero-order valence-electron chi connectivity index (χ0n) is 11.5. The molecule has 0 radical (unpaired) electrons. The molecule has 3 unspecified atom stereocenters. The minimum absolute atomic E-state index is 0.0542. The summed E-state index contributed by atoms with van der Waals surface area (Å²) in [7, 11) is 1.68. The van der Waals surface area contributed by atoms with Crippen molar-refractivity contribution in [2.75, 3.05) is 13.7 Å². The molecule has 1 aliphatic carbocycles. The quantitative estimate of drug-likeness (QED) is 0.843. The van der Waals surface area contributed by atoms with Crippen LogP contribution >= 0.6 is 0 Å². The van der Waals surface area contributed by atoms with Gasteiger partial charge in [-0.1, -0.05) is 25.4 Å². The number of likely N-dealkylation sites (N-methyl/N-ethyl adjacent to an activating group) is 1. The van der Waals surface area contributed by atoms with Gasteiger partial charge in [0.25, 0.3) is 0 Å². The topological polar surface area (TPSA) is 60.2 Å². The Morgan fingerprint density at radius 2 is 2.28 bits per heavy atom. The van der Waals surface area contributed by atoms with Crippen LogP contribution in [0.5, 0.6) is 0 Å². The molecule has 5 heteroatoms. The van der Waals surface area contributed by atoms with Crippen LogP contribution in [0.25, 0.3) is 0 Å². The molecule has 5 nitrogen and oxygen atoms in total. The number of aromatic nitrogens is 2. The van der Waals surface area contributed by atoms with Crippen molar-refractivity contribution in [1.29, 1.82) is 0 Å². The van der Waals surface area contributed by atoms with Crippen molar-refractivity contribution in [1.82, 2.24) is 15.5 Å². The Balaban J connectivity index is 2.09. The van der Waals surface area contributed by atoms with E-state index < -0.39 is 0 Å². The molecular formula is C13H23N3O2. The molecule has 0 aliphatic heterocycles. The van der Waals surface area contributed by atoms with Gasteiger partial charge in [-0.3, -0.25) is 0 Å². The van der Waals surface area contributed by atoms with Crippen LogP contribution in [0.15, 0.2) is 4.52 Å². The molecule has 1 N–H and O–H groups in total. The summed E-state index contributed by atoms with van der Waals surface area (Å²) in [5.74, 6) is 1.81. The van der Waals surface area contributed by atoms with E-state index in [1.54, 1.807) is 7.11 Å². The standard InChI is InChI=1S/C13H23N3O2/c1-4-11(17-3)12-15-13(18-16-12)9-7-6-8-10(9)14-5-2/h9-11,14H,4-8H2,1-3H3. The van der Waals surface area contributed by atoms with Crippen molar-refractivity contribution in [3.05, 3.63) is 11.7 Å². The summed E-state index contributed by atoms with van der Waals surface area (Å²) in [6.07, 6.45) is 4.35. The minimum atomic E-state index is -0.0542. The van der Waals surface area contributed by atoms with E-state index in [-0.39, 0.29) is 6.10 Å². The van der Waals surface area contributed by atoms with Gasteiger partial charge in [-0.25, -0.2) is 0 Å². The van der Waals surface area contributed by atoms with Gasteiger partial charge in [0.1, 0.15) is 6.10 Å². The van der Waals surface area contributed by atoms with Crippen LogP contribution in [0.4, 0.5) is 0 Å². The molecule has 1 heterocycles. The molecule has 0 amide bonds. The first-order chi connectivity index (χ1) is 8.80. The average molecular weight is 253 g/mol. The van der Waals surface area contributed by atoms with Crippen molar-refractivity contribution in [2.45, 2.75) is 57.6 Å². The lowest BCUT2D eigenvalue weighted by Crippen LogP contribution is -2.31. The lowest BCUT2D eigenvalue weighted by atomic mass is 10.0. The summed E-state index contributed by atoms with van der Waals surface area (Å²) < 4.78 is 10.8. The fraction of sp³-hybridized carbons (Fsp3) is 0.846. The highest BCUT2D eigenvalue weighted by Crippen LogP contribution is 2.34. The molecule has 1 aromatic heterocycles. The highest BCUT2D eigenvalue weighted by atomic mass is 16.5. The van der Waals surface area contributed by atoms with Crippen molar-refractivity contribution >= 4 is 0 Å². The molecule has 1 saturated carbocycles. The Morgan fingerprint density at radius 3 is 2.94 bits per heavy atom. The second-order valence-corrected chi connectivity index (χ2v) is 4.82. The van der Waals surface area contributed by atoms with Crippen LogP contribution in [0.2, 0.25) is 0 Å². The van der Waals surface area contributed by atoms with E-state index in [0.717, 1.165) is 25.3 Å². The Labute approximate surface area is 108 Å². The zero-order chi connectivity index (χ0) is 13.0. The maximum atomic E-state index is 5.43. The molecule has 1 aromatic rings. The zero-order valence-corrected chi connectivity index (χ0v) is 11.5. The first kappa shape index (κ1) is 13.5. The molecule has 2 rings (SSSR count). The van der Waals surface area contributed by atoms with Gasteiger partial charge in [-0.2, -0.15) is 4.98 Å². The molecule has 1 fully saturated rings. The summed E-state index contributed by atoms with van der Waals surface area (Å²) in [6, 6.07) is 0.478. The van der Waals surface area contributed by atoms with E-state index in [2.05, 4.69) is 29.3 Å². The highest BCUT2D eigenvalue weighted by molar-refractivity contribution is 5.04. The summed E-state index contributed by atoms with van der Waals surface area (Å²) in [6.45, 7) is 5.17. The fourth-order valence-corrected chi connectivity index (χ4v) is 2.75. The Hall–Kier alpha value is -0.940. The van der Waals surface area contributed by atoms with Crippen molar-refractivity contribution in [2.24, 2.45) is 0 Å². The first-order valence-corrected chi connectivity index (χ1v) is 6.89. The number of nitrogens with zero attached hydrogens (tertiary/aromatic N) is 2. The van der Waals surface area contributed by atoms with E-state index in [4.69, 9.17) is 9.26 Å². The largest absolute Gasteiger partial charge is 0.373 e. The summed E-state index contributed by atoms with van der Waals surface area (Å²) >= 11 is 0. The Kier molecular flexibility index (Phi) is 4.72. The second-order valence-electron chi connectivity index (χ2n) is 4.82. The predicted octanol–water partition coefficient (Wildman–Crippen LogP) is 2.41. The molecule has 0 saturated heterocycles. The molecule has 1 aliphatic rings. The molecule has 3 atom stereocenters. The number of hydrogen-bond donors (Lipinski definition) is 1. The molecular weight excluding hydrogens is 230 g/mol. The van der Waals surface area contributed by atoms with E-state index in [1.165, 1.54) is 12.8 Å². The summed E-state index contributed by atoms with van der Waals surface area (Å²) in [5, 5.41) is 7.56. The maximum absolute atomic E-state index is 5.43. The van der Waals surface area contributed by atoms with Crippen LogP contribution in [0.1, 0.15) is 63.3 Å². The van der Waals surface area contributed by atoms with Gasteiger partial charge in [0.2, 0.25) is 11.7 Å². The van der Waals surface area contributed by atoms with Crippen molar-refractivity contribution in [3.63, 3.8) is 0 Å². The Bertz CT molecular complexity index is 363. The maximum Gasteiger partial charge on any atom is 0.231 e. The smallest absolute Gasteiger partial charge is 0.231 e. The number of nitrogens with one attached hydrogen (secondary N) is 1. The first-order valence-electron chi connectivity index (χ1n) is 6.89. The fourth-order valence-electron chi connectivity index (χ4n) is 2.75. The number of rotatable bonds is 6. The van der Waals surface area contributed by atoms with Crippen LogP contribution in [0, 0.1) is 0 Å². The normalized spacial score (nSPS) is 25.5. The van der Waals surface area contributed by atoms with Crippen molar-refractivity contribution < 1.29 is 9.26 Å². The van der Waals surface area contributed by atoms with Gasteiger partial charge in [0.05, 0.1) is 5.92 Å². The summed E-state index contributed by atoms with van der Waals surface area (Å²) in [5.41, 5.74) is 0. The van der Waals surface area contributed by atoms with Gasteiger partial charge in [0, 0.05) is 13.2 Å². The van der Waals surface area contributed by atoms with E-state index in [0.29, 0.717) is 17.8 Å². The summed E-state index contributed by atoms with van der Waals surface area (Å²) in [4.78, 5) is 4.52. The molecule has 18 heavy (non-hydrogen) atoms. The molecule has 0 spiro atoms. The third kappa shape index (κ3) is 2.72. The van der Waals surface area contributed by atoms with E-state index >= 15 is 0 Å². The Morgan fingerprint density at radius 1 is 1.44 bits per heavy atom. The predicted molar refractivity (Wildman–Crippen MR) is 68.4 cm³/mol. The second kappa shape index (κ2) is 6.29. The van der Waals surface area contributed by atoms with Gasteiger partial charge >= 0.3 is 0 Å². The molecule has 0 aromatic carbocycles. The van der Waals surface area contributed by atoms with E-state index in [1.807, 2.05) is 0 Å². The highest BCUT2D eigenvalue weighted by Gasteiger charge is 2.32. The molecule has 102 valence electrons. The third-order valence-corrected chi connectivity index (χ3v) is 3.70. The monoisotopic (exact) mass is 253 g/mol. The van der Waals surface area contributed by atoms with Gasteiger partial charge in [-0.05, 0) is 25.8 Å². The van der Waals surface area contributed by atoms with Crippen LogP contribution in [0.3, 0.4) is 0 Å². The van der Waals surface area contributed by atoms with Crippen LogP contribution < -0.4 is 5.32 Å². The number of ether oxygens (including phenoxy) is 1. The minimum Gasteiger partial charge on any atom is -0.373 e. The number of methoxy groups -OCH3 is 1. The van der Waals surface area contributed by atoms with E-state index in [9.17, 15) is 0 Å². The SMILES string of the molecule is CCNC1CCCC1c1nc(C(CC)OC)no1. The lowest BCUT2D eigenvalue weighted by molar-refractivity contribution is 0.0903. The van der Waals surface area contributed by atoms with Gasteiger partial charge in [-0.15, -0.1) is 0 Å². The average Bonchev–Trinajstić information content (AvgIpc) is 3.00. The number of hydrogen-bond acceptors (Lipinski definition) is 5. The van der Waals surface area contributed by atoms with Gasteiger partial charge in [0.15, 0.2) is 0 Å². The molecule has 0 bridgehead atoms.